The Morgan fingerprint density at radius 2 is 1.76 bits per heavy atom. The molecule has 2 bridgehead atoms. The number of sulfone groups is 1. The van der Waals surface area contributed by atoms with E-state index < -0.39 is 9.84 Å². The third kappa shape index (κ3) is 1.92. The topological polar surface area (TPSA) is 49.4 Å². The molecule has 3 heterocycles. The quantitative estimate of drug-likeness (QED) is 0.780. The predicted octanol–water partition coefficient (Wildman–Crippen LogP) is 0.102. The van der Waals surface area contributed by atoms with Gasteiger partial charge in [-0.05, 0) is 44.7 Å². The highest BCUT2D eigenvalue weighted by molar-refractivity contribution is 7.90. The molecule has 0 aliphatic carbocycles. The molecule has 0 spiro atoms. The van der Waals surface area contributed by atoms with E-state index in [-0.39, 0.29) is 6.04 Å². The van der Waals surface area contributed by atoms with E-state index in [9.17, 15) is 8.42 Å². The number of nitrogens with zero attached hydrogens (tertiary/aromatic N) is 1. The van der Waals surface area contributed by atoms with Crippen LogP contribution in [0, 0.1) is 11.8 Å². The van der Waals surface area contributed by atoms with Crippen LogP contribution in [0.3, 0.4) is 0 Å². The summed E-state index contributed by atoms with van der Waals surface area (Å²) in [6.07, 6.45) is 3.88. The van der Waals surface area contributed by atoms with Crippen LogP contribution in [-0.2, 0) is 9.84 Å². The minimum Gasteiger partial charge on any atom is -0.316 e. The molecule has 1 N–H and O–H groups in total. The molecule has 0 aromatic rings. The second-order valence-electron chi connectivity index (χ2n) is 6.09. The average Bonchev–Trinajstić information content (AvgIpc) is 2.86. The molecule has 3 aliphatic rings. The van der Waals surface area contributed by atoms with Crippen molar-refractivity contribution in [3.05, 3.63) is 0 Å². The first-order valence-electron chi connectivity index (χ1n) is 6.63. The van der Waals surface area contributed by atoms with Crippen LogP contribution in [0.2, 0.25) is 0 Å². The monoisotopic (exact) mass is 258 g/mol. The van der Waals surface area contributed by atoms with E-state index >= 15 is 0 Å². The summed E-state index contributed by atoms with van der Waals surface area (Å²) in [5.74, 6) is 1.86. The Kier molecular flexibility index (Phi) is 2.76. The fraction of sp³-hybridized carbons (Fsp3) is 1.00. The van der Waals surface area contributed by atoms with Gasteiger partial charge >= 0.3 is 0 Å². The summed E-state index contributed by atoms with van der Waals surface area (Å²) < 4.78 is 22.9. The molecule has 5 heteroatoms. The van der Waals surface area contributed by atoms with E-state index in [0.29, 0.717) is 17.8 Å². The van der Waals surface area contributed by atoms with Gasteiger partial charge in [-0.3, -0.25) is 4.90 Å². The van der Waals surface area contributed by atoms with Gasteiger partial charge in [0.2, 0.25) is 0 Å². The van der Waals surface area contributed by atoms with Gasteiger partial charge in [-0.15, -0.1) is 0 Å². The molecule has 0 radical (unpaired) electrons. The van der Waals surface area contributed by atoms with Crippen LogP contribution in [0.4, 0.5) is 0 Å². The minimum atomic E-state index is -2.86. The highest BCUT2D eigenvalue weighted by Crippen LogP contribution is 2.48. The SMILES string of the molecule is C[C@@H](CS(C)(=O)=O)N1[C@@H]2CC[C@H]1[C@H]1CNC[C@H]12. The fourth-order valence-electron chi connectivity index (χ4n) is 4.50. The van der Waals surface area contributed by atoms with E-state index in [4.69, 9.17) is 0 Å². The Hall–Kier alpha value is -0.130. The maximum atomic E-state index is 11.4. The first-order chi connectivity index (χ1) is 7.97. The summed E-state index contributed by atoms with van der Waals surface area (Å²) in [5, 5.41) is 3.49. The lowest BCUT2D eigenvalue weighted by Crippen LogP contribution is -2.43. The molecule has 4 nitrogen and oxygen atoms in total. The van der Waals surface area contributed by atoms with Crippen molar-refractivity contribution in [1.29, 1.82) is 0 Å². The lowest BCUT2D eigenvalue weighted by Gasteiger charge is -2.30. The van der Waals surface area contributed by atoms with Crippen molar-refractivity contribution in [2.45, 2.75) is 37.9 Å². The summed E-state index contributed by atoms with van der Waals surface area (Å²) in [7, 11) is -2.86. The first kappa shape index (κ1) is 11.9. The van der Waals surface area contributed by atoms with Crippen molar-refractivity contribution in [1.82, 2.24) is 10.2 Å². The third-order valence-corrected chi connectivity index (χ3v) is 5.96. The van der Waals surface area contributed by atoms with Gasteiger partial charge in [0.05, 0.1) is 5.75 Å². The molecule has 3 rings (SSSR count). The predicted molar refractivity (Wildman–Crippen MR) is 67.7 cm³/mol. The van der Waals surface area contributed by atoms with Gasteiger partial charge in [0.15, 0.2) is 0 Å². The second kappa shape index (κ2) is 3.93. The highest BCUT2D eigenvalue weighted by Gasteiger charge is 2.55. The summed E-state index contributed by atoms with van der Waals surface area (Å²) in [4.78, 5) is 2.53. The molecule has 3 saturated heterocycles. The van der Waals surface area contributed by atoms with Gasteiger partial charge in [0.25, 0.3) is 0 Å². The van der Waals surface area contributed by atoms with Crippen LogP contribution in [-0.4, -0.2) is 56.5 Å². The standard InChI is InChI=1S/C12H22N2O2S/c1-8(7-17(2,15)16)14-11-3-4-12(14)10-6-13-5-9(10)11/h8-13H,3-7H2,1-2H3/t8-,9-,10+,11-,12+/m0/s1. The van der Waals surface area contributed by atoms with Crippen LogP contribution in [0.15, 0.2) is 0 Å². The minimum absolute atomic E-state index is 0.188. The number of hydrogen-bond acceptors (Lipinski definition) is 4. The molecule has 17 heavy (non-hydrogen) atoms. The van der Waals surface area contributed by atoms with Crippen molar-refractivity contribution in [3.8, 4) is 0 Å². The molecule has 98 valence electrons. The molecule has 0 saturated carbocycles. The van der Waals surface area contributed by atoms with Gasteiger partial charge in [0, 0.05) is 24.4 Å². The molecule has 0 amide bonds. The maximum absolute atomic E-state index is 11.4. The fourth-order valence-corrected chi connectivity index (χ4v) is 5.54. The van der Waals surface area contributed by atoms with Crippen LogP contribution < -0.4 is 5.32 Å². The average molecular weight is 258 g/mol. The smallest absolute Gasteiger partial charge is 0.148 e. The van der Waals surface area contributed by atoms with Crippen molar-refractivity contribution in [2.24, 2.45) is 11.8 Å². The summed E-state index contributed by atoms with van der Waals surface area (Å²) in [6, 6.07) is 1.46. The molecule has 0 unspecified atom stereocenters. The van der Waals surface area contributed by atoms with Crippen molar-refractivity contribution >= 4 is 9.84 Å². The molecule has 0 aromatic carbocycles. The van der Waals surface area contributed by atoms with Crippen LogP contribution >= 0.6 is 0 Å². The Balaban J connectivity index is 1.77. The van der Waals surface area contributed by atoms with Crippen molar-refractivity contribution < 1.29 is 8.42 Å². The van der Waals surface area contributed by atoms with Gasteiger partial charge in [-0.25, -0.2) is 8.42 Å². The number of fused-ring (bicyclic) bond motifs is 5. The van der Waals surface area contributed by atoms with E-state index in [1.165, 1.54) is 19.1 Å². The lowest BCUT2D eigenvalue weighted by molar-refractivity contribution is 0.181. The van der Waals surface area contributed by atoms with E-state index in [2.05, 4.69) is 17.1 Å². The molecular weight excluding hydrogens is 236 g/mol. The zero-order valence-corrected chi connectivity index (χ0v) is 11.4. The number of rotatable bonds is 3. The normalized spacial score (nSPS) is 42.9. The Morgan fingerprint density at radius 1 is 1.24 bits per heavy atom. The lowest BCUT2D eigenvalue weighted by atomic mass is 9.82. The van der Waals surface area contributed by atoms with Crippen molar-refractivity contribution in [3.63, 3.8) is 0 Å². The Labute approximate surface area is 104 Å². The number of nitrogens with one attached hydrogen (secondary N) is 1. The zero-order chi connectivity index (χ0) is 12.2. The zero-order valence-electron chi connectivity index (χ0n) is 10.6. The third-order valence-electron chi connectivity index (χ3n) is 4.88. The highest BCUT2D eigenvalue weighted by atomic mass is 32.2. The van der Waals surface area contributed by atoms with Crippen LogP contribution in [0.25, 0.3) is 0 Å². The Bertz CT molecular complexity index is 391. The van der Waals surface area contributed by atoms with Gasteiger partial charge in [-0.2, -0.15) is 0 Å². The largest absolute Gasteiger partial charge is 0.316 e. The molecular formula is C12H22N2O2S. The second-order valence-corrected chi connectivity index (χ2v) is 8.27. The van der Waals surface area contributed by atoms with Crippen LogP contribution in [0.5, 0.6) is 0 Å². The van der Waals surface area contributed by atoms with Crippen LogP contribution in [0.1, 0.15) is 19.8 Å². The summed E-state index contributed by atoms with van der Waals surface area (Å²) in [6.45, 7) is 4.35. The van der Waals surface area contributed by atoms with Gasteiger partial charge < -0.3 is 5.32 Å². The number of hydrogen-bond donors (Lipinski definition) is 1. The molecule has 3 aliphatic heterocycles. The maximum Gasteiger partial charge on any atom is 0.148 e. The molecule has 5 atom stereocenters. The van der Waals surface area contributed by atoms with Crippen molar-refractivity contribution in [2.75, 3.05) is 25.1 Å². The van der Waals surface area contributed by atoms with E-state index in [1.807, 2.05) is 0 Å². The molecule has 0 aromatic heterocycles. The Morgan fingerprint density at radius 3 is 2.24 bits per heavy atom. The molecule has 3 fully saturated rings. The van der Waals surface area contributed by atoms with E-state index in [1.54, 1.807) is 0 Å². The van der Waals surface area contributed by atoms with Gasteiger partial charge in [0.1, 0.15) is 9.84 Å². The van der Waals surface area contributed by atoms with E-state index in [0.717, 1.165) is 24.9 Å². The van der Waals surface area contributed by atoms with Gasteiger partial charge in [-0.1, -0.05) is 0 Å². The first-order valence-corrected chi connectivity index (χ1v) is 8.69. The summed E-state index contributed by atoms with van der Waals surface area (Å²) >= 11 is 0. The summed E-state index contributed by atoms with van der Waals surface area (Å²) in [5.41, 5.74) is 0.